The number of carbonyl (C=O) groups excluding carboxylic acids is 2. The standard InChI is InChI=1S/C19H23N3O2S/c20-19(24)14-6-8-17(22-10-2-1-3-11-22)16(13-14)21-18(23)9-7-15-5-4-12-25-15/h4-6,8,12-13H,1-3,7,9-11H2,(H2,20,24)(H,21,23). The Morgan fingerprint density at radius 3 is 2.64 bits per heavy atom. The molecule has 3 N–H and O–H groups in total. The molecule has 0 spiro atoms. The first-order valence-electron chi connectivity index (χ1n) is 8.64. The number of carbonyl (C=O) groups is 2. The smallest absolute Gasteiger partial charge is 0.248 e. The van der Waals surface area contributed by atoms with Crippen molar-refractivity contribution in [1.29, 1.82) is 0 Å². The number of nitrogens with zero attached hydrogens (tertiary/aromatic N) is 1. The van der Waals surface area contributed by atoms with Crippen molar-refractivity contribution in [2.75, 3.05) is 23.3 Å². The number of aryl methyl sites for hydroxylation is 1. The molecule has 1 aliphatic rings. The van der Waals surface area contributed by atoms with Gasteiger partial charge in [0.05, 0.1) is 11.4 Å². The molecule has 0 aliphatic carbocycles. The molecule has 1 aliphatic heterocycles. The number of primary amides is 1. The summed E-state index contributed by atoms with van der Waals surface area (Å²) < 4.78 is 0. The van der Waals surface area contributed by atoms with Crippen LogP contribution in [0.4, 0.5) is 11.4 Å². The monoisotopic (exact) mass is 357 g/mol. The molecule has 1 saturated heterocycles. The molecular formula is C19H23N3O2S. The second kappa shape index (κ2) is 8.16. The number of hydrogen-bond acceptors (Lipinski definition) is 4. The molecule has 1 fully saturated rings. The highest BCUT2D eigenvalue weighted by Crippen LogP contribution is 2.30. The van der Waals surface area contributed by atoms with Crippen LogP contribution in [0, 0.1) is 0 Å². The molecule has 25 heavy (non-hydrogen) atoms. The summed E-state index contributed by atoms with van der Waals surface area (Å²) in [6.07, 6.45) is 4.66. The minimum absolute atomic E-state index is 0.0479. The van der Waals surface area contributed by atoms with Gasteiger partial charge in [-0.2, -0.15) is 0 Å². The summed E-state index contributed by atoms with van der Waals surface area (Å²) in [5.74, 6) is -0.535. The van der Waals surface area contributed by atoms with Crippen LogP contribution in [-0.2, 0) is 11.2 Å². The number of nitrogens with two attached hydrogens (primary N) is 1. The first kappa shape index (κ1) is 17.5. The summed E-state index contributed by atoms with van der Waals surface area (Å²) in [4.78, 5) is 27.3. The molecule has 0 atom stereocenters. The van der Waals surface area contributed by atoms with Gasteiger partial charge in [-0.25, -0.2) is 0 Å². The van der Waals surface area contributed by atoms with E-state index in [1.807, 2.05) is 23.6 Å². The van der Waals surface area contributed by atoms with Gasteiger partial charge in [-0.15, -0.1) is 11.3 Å². The second-order valence-electron chi connectivity index (χ2n) is 6.27. The summed E-state index contributed by atoms with van der Waals surface area (Å²) in [7, 11) is 0. The molecule has 0 bridgehead atoms. The fourth-order valence-corrected chi connectivity index (χ4v) is 3.81. The lowest BCUT2D eigenvalue weighted by molar-refractivity contribution is -0.116. The molecule has 5 nitrogen and oxygen atoms in total. The van der Waals surface area contributed by atoms with Crippen molar-refractivity contribution < 1.29 is 9.59 Å². The Bertz CT molecular complexity index is 737. The van der Waals surface area contributed by atoms with E-state index < -0.39 is 5.91 Å². The lowest BCUT2D eigenvalue weighted by Gasteiger charge is -2.30. The Hall–Kier alpha value is -2.34. The topological polar surface area (TPSA) is 75.4 Å². The molecule has 6 heteroatoms. The maximum atomic E-state index is 12.4. The molecule has 2 heterocycles. The average Bonchev–Trinajstić information content (AvgIpc) is 3.14. The predicted octanol–water partition coefficient (Wildman–Crippen LogP) is 3.41. The van der Waals surface area contributed by atoms with Gasteiger partial charge >= 0.3 is 0 Å². The Balaban J connectivity index is 1.75. The second-order valence-corrected chi connectivity index (χ2v) is 7.30. The summed E-state index contributed by atoms with van der Waals surface area (Å²) >= 11 is 1.65. The number of rotatable bonds is 6. The number of piperidine rings is 1. The highest BCUT2D eigenvalue weighted by Gasteiger charge is 2.17. The number of nitrogens with one attached hydrogen (secondary N) is 1. The van der Waals surface area contributed by atoms with E-state index in [1.54, 1.807) is 23.5 Å². The van der Waals surface area contributed by atoms with Crippen LogP contribution in [0.25, 0.3) is 0 Å². The van der Waals surface area contributed by atoms with Gasteiger partial charge in [-0.1, -0.05) is 6.07 Å². The van der Waals surface area contributed by atoms with E-state index in [0.717, 1.165) is 38.0 Å². The molecular weight excluding hydrogens is 334 g/mol. The fourth-order valence-electron chi connectivity index (χ4n) is 3.10. The van der Waals surface area contributed by atoms with Gasteiger partial charge in [-0.3, -0.25) is 9.59 Å². The number of anilines is 2. The molecule has 0 radical (unpaired) electrons. The van der Waals surface area contributed by atoms with Gasteiger partial charge in [0.25, 0.3) is 0 Å². The Morgan fingerprint density at radius 1 is 1.16 bits per heavy atom. The average molecular weight is 357 g/mol. The number of thiophene rings is 1. The maximum Gasteiger partial charge on any atom is 0.248 e. The van der Waals surface area contributed by atoms with Crippen LogP contribution in [0.3, 0.4) is 0 Å². The highest BCUT2D eigenvalue weighted by molar-refractivity contribution is 7.09. The third kappa shape index (κ3) is 4.60. The zero-order valence-corrected chi connectivity index (χ0v) is 15.0. The highest BCUT2D eigenvalue weighted by atomic mass is 32.1. The molecule has 1 aromatic carbocycles. The van der Waals surface area contributed by atoms with Crippen LogP contribution < -0.4 is 16.0 Å². The van der Waals surface area contributed by atoms with E-state index in [0.29, 0.717) is 17.7 Å². The quantitative estimate of drug-likeness (QED) is 0.832. The summed E-state index contributed by atoms with van der Waals surface area (Å²) in [5.41, 5.74) is 7.45. The van der Waals surface area contributed by atoms with Crippen molar-refractivity contribution in [2.45, 2.75) is 32.1 Å². The largest absolute Gasteiger partial charge is 0.370 e. The summed E-state index contributed by atoms with van der Waals surface area (Å²) in [6, 6.07) is 9.33. The lowest BCUT2D eigenvalue weighted by atomic mass is 10.1. The first-order chi connectivity index (χ1) is 12.1. The normalized spacial score (nSPS) is 14.3. The van der Waals surface area contributed by atoms with Gasteiger partial charge in [0.2, 0.25) is 11.8 Å². The minimum Gasteiger partial charge on any atom is -0.370 e. The Morgan fingerprint density at radius 2 is 1.96 bits per heavy atom. The lowest BCUT2D eigenvalue weighted by Crippen LogP contribution is -2.30. The van der Waals surface area contributed by atoms with E-state index in [4.69, 9.17) is 5.73 Å². The van der Waals surface area contributed by atoms with Gasteiger partial charge in [0.1, 0.15) is 0 Å². The van der Waals surface area contributed by atoms with E-state index in [2.05, 4.69) is 10.2 Å². The summed E-state index contributed by atoms with van der Waals surface area (Å²) in [5, 5.41) is 4.99. The van der Waals surface area contributed by atoms with Gasteiger partial charge in [0.15, 0.2) is 0 Å². The van der Waals surface area contributed by atoms with Gasteiger partial charge in [-0.05, 0) is 55.3 Å². The zero-order chi connectivity index (χ0) is 17.6. The van der Waals surface area contributed by atoms with Crippen LogP contribution in [-0.4, -0.2) is 24.9 Å². The number of amides is 2. The third-order valence-electron chi connectivity index (χ3n) is 4.43. The van der Waals surface area contributed by atoms with Crippen LogP contribution in [0.15, 0.2) is 35.7 Å². The first-order valence-corrected chi connectivity index (χ1v) is 9.52. The van der Waals surface area contributed by atoms with Crippen molar-refractivity contribution in [3.63, 3.8) is 0 Å². The molecule has 132 valence electrons. The van der Waals surface area contributed by atoms with Crippen LogP contribution in [0.5, 0.6) is 0 Å². The van der Waals surface area contributed by atoms with E-state index in [9.17, 15) is 9.59 Å². The SMILES string of the molecule is NC(=O)c1ccc(N2CCCCC2)c(NC(=O)CCc2cccs2)c1. The molecule has 0 saturated carbocycles. The van der Waals surface area contributed by atoms with Crippen LogP contribution in [0.1, 0.15) is 40.9 Å². The third-order valence-corrected chi connectivity index (χ3v) is 5.37. The van der Waals surface area contributed by atoms with Crippen LogP contribution >= 0.6 is 11.3 Å². The van der Waals surface area contributed by atoms with Gasteiger partial charge < -0.3 is 16.0 Å². The Kier molecular flexibility index (Phi) is 5.71. The van der Waals surface area contributed by atoms with Crippen LogP contribution in [0.2, 0.25) is 0 Å². The fraction of sp³-hybridized carbons (Fsp3) is 0.368. The molecule has 1 aromatic heterocycles. The zero-order valence-electron chi connectivity index (χ0n) is 14.2. The minimum atomic E-state index is -0.487. The molecule has 3 rings (SSSR count). The van der Waals surface area contributed by atoms with Crippen molar-refractivity contribution >= 4 is 34.5 Å². The molecule has 2 aromatic rings. The Labute approximate surface area is 151 Å². The van der Waals surface area contributed by atoms with Crippen molar-refractivity contribution in [2.24, 2.45) is 5.73 Å². The molecule has 2 amide bonds. The van der Waals surface area contributed by atoms with Crippen molar-refractivity contribution in [3.8, 4) is 0 Å². The van der Waals surface area contributed by atoms with Crippen molar-refractivity contribution in [1.82, 2.24) is 0 Å². The van der Waals surface area contributed by atoms with Gasteiger partial charge in [0, 0.05) is 30.0 Å². The molecule has 0 unspecified atom stereocenters. The van der Waals surface area contributed by atoms with Crippen molar-refractivity contribution in [3.05, 3.63) is 46.2 Å². The number of hydrogen-bond donors (Lipinski definition) is 2. The predicted molar refractivity (Wildman–Crippen MR) is 102 cm³/mol. The van der Waals surface area contributed by atoms with E-state index in [1.165, 1.54) is 11.3 Å². The summed E-state index contributed by atoms with van der Waals surface area (Å²) in [6.45, 7) is 1.93. The van der Waals surface area contributed by atoms with E-state index in [-0.39, 0.29) is 5.91 Å². The van der Waals surface area contributed by atoms with E-state index >= 15 is 0 Å². The maximum absolute atomic E-state index is 12.4. The number of benzene rings is 1.